The summed E-state index contributed by atoms with van der Waals surface area (Å²) in [6.07, 6.45) is 0. The van der Waals surface area contributed by atoms with E-state index in [1.807, 2.05) is 6.92 Å². The fraction of sp³-hybridized carbons (Fsp3) is 0.667. The standard InChI is InChI=1S/C12H16ClN3O3S/c1-7-5-19-4-3-16(7)11-9-6-20(17,18)8(2)10(9)14-12(13)15-11/h7-8H,3-6H2,1-2H3/t7-,8?/m0/s1. The Bertz CT molecular complexity index is 650. The zero-order chi connectivity index (χ0) is 14.5. The van der Waals surface area contributed by atoms with E-state index in [-0.39, 0.29) is 17.1 Å². The van der Waals surface area contributed by atoms with Gasteiger partial charge in [0.2, 0.25) is 5.28 Å². The van der Waals surface area contributed by atoms with Crippen LogP contribution in [-0.4, -0.2) is 44.2 Å². The first-order chi connectivity index (χ1) is 9.40. The van der Waals surface area contributed by atoms with Crippen molar-refractivity contribution in [1.82, 2.24) is 9.97 Å². The van der Waals surface area contributed by atoms with Gasteiger partial charge in [-0.2, -0.15) is 0 Å². The van der Waals surface area contributed by atoms with Crippen molar-refractivity contribution < 1.29 is 13.2 Å². The SMILES string of the molecule is CC1c2nc(Cl)nc(N3CCOC[C@@H]3C)c2CS1(=O)=O. The number of hydrogen-bond acceptors (Lipinski definition) is 6. The molecule has 1 aromatic rings. The van der Waals surface area contributed by atoms with Gasteiger partial charge in [0, 0.05) is 12.1 Å². The van der Waals surface area contributed by atoms with Gasteiger partial charge in [0.1, 0.15) is 11.1 Å². The number of anilines is 1. The van der Waals surface area contributed by atoms with Gasteiger partial charge in [0.05, 0.1) is 30.7 Å². The summed E-state index contributed by atoms with van der Waals surface area (Å²) in [5.41, 5.74) is 1.23. The lowest BCUT2D eigenvalue weighted by Crippen LogP contribution is -2.44. The van der Waals surface area contributed by atoms with Gasteiger partial charge in [0.25, 0.3) is 0 Å². The van der Waals surface area contributed by atoms with E-state index in [1.54, 1.807) is 6.92 Å². The first-order valence-electron chi connectivity index (χ1n) is 6.52. The van der Waals surface area contributed by atoms with Gasteiger partial charge >= 0.3 is 0 Å². The minimum absolute atomic E-state index is 0.0138. The average Bonchev–Trinajstić information content (AvgIpc) is 2.61. The van der Waals surface area contributed by atoms with E-state index in [9.17, 15) is 8.42 Å². The van der Waals surface area contributed by atoms with Crippen LogP contribution in [0.15, 0.2) is 0 Å². The number of morpholine rings is 1. The normalized spacial score (nSPS) is 28.4. The van der Waals surface area contributed by atoms with Crippen molar-refractivity contribution in [3.63, 3.8) is 0 Å². The maximum atomic E-state index is 12.1. The highest BCUT2D eigenvalue weighted by Gasteiger charge is 2.39. The van der Waals surface area contributed by atoms with Gasteiger partial charge < -0.3 is 9.64 Å². The number of nitrogens with zero attached hydrogens (tertiary/aromatic N) is 3. The van der Waals surface area contributed by atoms with Gasteiger partial charge in [0.15, 0.2) is 9.84 Å². The van der Waals surface area contributed by atoms with Crippen LogP contribution in [0.4, 0.5) is 5.82 Å². The third kappa shape index (κ3) is 2.17. The minimum atomic E-state index is -3.20. The van der Waals surface area contributed by atoms with Crippen molar-refractivity contribution in [1.29, 1.82) is 0 Å². The van der Waals surface area contributed by atoms with E-state index in [4.69, 9.17) is 16.3 Å². The molecule has 0 radical (unpaired) electrons. The summed E-state index contributed by atoms with van der Waals surface area (Å²) >= 11 is 5.98. The highest BCUT2D eigenvalue weighted by Crippen LogP contribution is 2.40. The van der Waals surface area contributed by atoms with Crippen LogP contribution in [0, 0.1) is 0 Å². The summed E-state index contributed by atoms with van der Waals surface area (Å²) in [6, 6.07) is 0.137. The van der Waals surface area contributed by atoms with Crippen LogP contribution >= 0.6 is 11.6 Å². The van der Waals surface area contributed by atoms with Gasteiger partial charge in [-0.25, -0.2) is 18.4 Å². The molecule has 6 nitrogen and oxygen atoms in total. The van der Waals surface area contributed by atoms with Crippen molar-refractivity contribution in [2.75, 3.05) is 24.7 Å². The Morgan fingerprint density at radius 3 is 2.80 bits per heavy atom. The molecule has 1 aromatic heterocycles. The maximum absolute atomic E-state index is 12.1. The smallest absolute Gasteiger partial charge is 0.224 e. The van der Waals surface area contributed by atoms with Gasteiger partial charge in [-0.1, -0.05) is 0 Å². The molecule has 8 heteroatoms. The van der Waals surface area contributed by atoms with Gasteiger partial charge in [-0.3, -0.25) is 0 Å². The second-order valence-electron chi connectivity index (χ2n) is 5.25. The molecule has 2 aliphatic rings. The largest absolute Gasteiger partial charge is 0.377 e. The minimum Gasteiger partial charge on any atom is -0.377 e. The van der Waals surface area contributed by atoms with E-state index < -0.39 is 15.1 Å². The number of ether oxygens (including phenoxy) is 1. The Balaban J connectivity index is 2.12. The molecule has 0 aromatic carbocycles. The van der Waals surface area contributed by atoms with Crippen LogP contribution in [0.3, 0.4) is 0 Å². The van der Waals surface area contributed by atoms with Gasteiger partial charge in [-0.15, -0.1) is 0 Å². The molecular weight excluding hydrogens is 302 g/mol. The molecule has 20 heavy (non-hydrogen) atoms. The highest BCUT2D eigenvalue weighted by molar-refractivity contribution is 7.91. The molecule has 0 aliphatic carbocycles. The fourth-order valence-corrected chi connectivity index (χ4v) is 4.35. The summed E-state index contributed by atoms with van der Waals surface area (Å²) in [6.45, 7) is 5.54. The molecule has 110 valence electrons. The molecule has 1 unspecified atom stereocenters. The molecule has 2 aliphatic heterocycles. The quantitative estimate of drug-likeness (QED) is 0.728. The molecular formula is C12H16ClN3O3S. The molecule has 2 atom stereocenters. The molecule has 1 fully saturated rings. The first-order valence-corrected chi connectivity index (χ1v) is 8.62. The van der Waals surface area contributed by atoms with Crippen LogP contribution in [0.5, 0.6) is 0 Å². The summed E-state index contributed by atoms with van der Waals surface area (Å²) in [5, 5.41) is -0.519. The maximum Gasteiger partial charge on any atom is 0.224 e. The highest BCUT2D eigenvalue weighted by atomic mass is 35.5. The third-order valence-electron chi connectivity index (χ3n) is 3.90. The van der Waals surface area contributed by atoms with E-state index in [0.29, 0.717) is 36.8 Å². The van der Waals surface area contributed by atoms with Crippen molar-refractivity contribution in [3.05, 3.63) is 16.5 Å². The number of fused-ring (bicyclic) bond motifs is 1. The Labute approximate surface area is 123 Å². The number of halogens is 1. The van der Waals surface area contributed by atoms with E-state index >= 15 is 0 Å². The Hall–Kier alpha value is -0.920. The lowest BCUT2D eigenvalue weighted by molar-refractivity contribution is 0.0984. The second-order valence-corrected chi connectivity index (χ2v) is 7.91. The number of aromatic nitrogens is 2. The predicted octanol–water partition coefficient (Wildman–Crippen LogP) is 1.34. The summed E-state index contributed by atoms with van der Waals surface area (Å²) < 4.78 is 29.6. The van der Waals surface area contributed by atoms with Crippen LogP contribution in [-0.2, 0) is 20.3 Å². The zero-order valence-corrected chi connectivity index (χ0v) is 12.9. The fourth-order valence-electron chi connectivity index (χ4n) is 2.71. The van der Waals surface area contributed by atoms with Crippen LogP contribution in [0.2, 0.25) is 5.28 Å². The third-order valence-corrected chi connectivity index (χ3v) is 6.06. The average molecular weight is 318 g/mol. The van der Waals surface area contributed by atoms with Crippen LogP contribution < -0.4 is 4.90 Å². The molecule has 0 spiro atoms. The molecule has 0 amide bonds. The summed E-state index contributed by atoms with van der Waals surface area (Å²) in [5.74, 6) is 0.629. The molecule has 3 rings (SSSR count). The van der Waals surface area contributed by atoms with Crippen molar-refractivity contribution >= 4 is 27.3 Å². The summed E-state index contributed by atoms with van der Waals surface area (Å²) in [7, 11) is -3.20. The monoisotopic (exact) mass is 317 g/mol. The second kappa shape index (κ2) is 4.82. The number of rotatable bonds is 1. The molecule has 0 bridgehead atoms. The molecule has 1 saturated heterocycles. The van der Waals surface area contributed by atoms with E-state index in [1.165, 1.54) is 0 Å². The molecule has 0 N–H and O–H groups in total. The zero-order valence-electron chi connectivity index (χ0n) is 11.3. The Morgan fingerprint density at radius 2 is 2.10 bits per heavy atom. The van der Waals surface area contributed by atoms with Crippen LogP contribution in [0.1, 0.15) is 30.4 Å². The van der Waals surface area contributed by atoms with Crippen LogP contribution in [0.25, 0.3) is 0 Å². The summed E-state index contributed by atoms with van der Waals surface area (Å²) in [4.78, 5) is 10.5. The Morgan fingerprint density at radius 1 is 1.35 bits per heavy atom. The van der Waals surface area contributed by atoms with E-state index in [2.05, 4.69) is 14.9 Å². The number of hydrogen-bond donors (Lipinski definition) is 0. The lowest BCUT2D eigenvalue weighted by atomic mass is 10.1. The Kier molecular flexibility index (Phi) is 3.38. The lowest BCUT2D eigenvalue weighted by Gasteiger charge is -2.35. The molecule has 3 heterocycles. The van der Waals surface area contributed by atoms with Crippen molar-refractivity contribution in [2.24, 2.45) is 0 Å². The number of sulfone groups is 1. The van der Waals surface area contributed by atoms with Crippen molar-refractivity contribution in [3.8, 4) is 0 Å². The first kappa shape index (κ1) is 14.0. The molecule has 0 saturated carbocycles. The van der Waals surface area contributed by atoms with Gasteiger partial charge in [-0.05, 0) is 25.4 Å². The van der Waals surface area contributed by atoms with E-state index in [0.717, 1.165) is 0 Å². The topological polar surface area (TPSA) is 72.4 Å². The predicted molar refractivity (Wildman–Crippen MR) is 75.7 cm³/mol. The van der Waals surface area contributed by atoms with Crippen molar-refractivity contribution in [2.45, 2.75) is 30.9 Å².